The molecule has 3 rings (SSSR count). The third-order valence-electron chi connectivity index (χ3n) is 2.92. The molecule has 0 saturated carbocycles. The maximum absolute atomic E-state index is 11.0. The number of ether oxygens (including phenoxy) is 2. The Morgan fingerprint density at radius 3 is 1.78 bits per heavy atom. The number of hydrogen-bond acceptors (Lipinski definition) is 6. The number of nitrogens with two attached hydrogens (primary N) is 1. The number of esters is 3. The zero-order valence-electron chi connectivity index (χ0n) is 15.0. The lowest BCUT2D eigenvalue weighted by molar-refractivity contribution is -0.150. The zero-order chi connectivity index (χ0) is 20.1. The number of hydrogen-bond donors (Lipinski definition) is 1. The maximum Gasteiger partial charge on any atom is 0.338 e. The minimum atomic E-state index is -0.579. The van der Waals surface area contributed by atoms with Crippen LogP contribution >= 0.6 is 0 Å². The molecule has 0 atom stereocenters. The van der Waals surface area contributed by atoms with E-state index in [0.29, 0.717) is 12.2 Å². The fourth-order valence-electron chi connectivity index (χ4n) is 1.60. The monoisotopic (exact) mass is 367 g/mol. The van der Waals surface area contributed by atoms with E-state index >= 15 is 0 Å². The molecule has 2 aromatic rings. The minimum absolute atomic E-state index is 0.312. The summed E-state index contributed by atoms with van der Waals surface area (Å²) in [5.74, 6) is -1.50. The van der Waals surface area contributed by atoms with Crippen molar-refractivity contribution >= 4 is 23.6 Å². The number of rotatable bonds is 3. The Labute approximate surface area is 157 Å². The van der Waals surface area contributed by atoms with Gasteiger partial charge >= 0.3 is 17.9 Å². The fraction of sp³-hybridized carbons (Fsp3) is 0.0952. The lowest BCUT2D eigenvalue weighted by atomic mass is 10.2. The summed E-state index contributed by atoms with van der Waals surface area (Å²) in [6.45, 7) is 5.44. The van der Waals surface area contributed by atoms with Crippen LogP contribution in [0.1, 0.15) is 12.5 Å². The van der Waals surface area contributed by atoms with E-state index in [-0.39, 0.29) is 5.97 Å². The molecule has 6 heteroatoms. The van der Waals surface area contributed by atoms with Gasteiger partial charge in [-0.2, -0.15) is 0 Å². The maximum atomic E-state index is 11.0. The van der Waals surface area contributed by atoms with E-state index in [1.54, 1.807) is 6.92 Å². The Kier molecular flexibility index (Phi) is 9.35. The van der Waals surface area contributed by atoms with E-state index in [1.165, 1.54) is 0 Å². The van der Waals surface area contributed by atoms with Crippen LogP contribution in [0.4, 0.5) is 5.69 Å². The summed E-state index contributed by atoms with van der Waals surface area (Å²) in [4.78, 5) is 30.8. The highest BCUT2D eigenvalue weighted by Crippen LogP contribution is 2.02. The number of anilines is 1. The number of para-hydroxylation sites is 1. The van der Waals surface area contributed by atoms with Gasteiger partial charge in [-0.3, -0.25) is 0 Å². The first-order valence-electron chi connectivity index (χ1n) is 7.99. The Hall–Kier alpha value is -3.67. The Balaban J connectivity index is 0.000000220. The molecule has 2 aromatic carbocycles. The predicted octanol–water partition coefficient (Wildman–Crippen LogP) is 3.20. The molecule has 0 aromatic heterocycles. The number of carbonyl (C=O) groups excluding carboxylic acids is 3. The van der Waals surface area contributed by atoms with Crippen molar-refractivity contribution in [1.29, 1.82) is 0 Å². The van der Waals surface area contributed by atoms with Crippen LogP contribution in [0.15, 0.2) is 85.0 Å². The fourth-order valence-corrected chi connectivity index (χ4v) is 1.60. The summed E-state index contributed by atoms with van der Waals surface area (Å²) in [7, 11) is 0. The van der Waals surface area contributed by atoms with Crippen molar-refractivity contribution in [2.45, 2.75) is 13.5 Å². The van der Waals surface area contributed by atoms with Crippen LogP contribution in [0.3, 0.4) is 0 Å². The van der Waals surface area contributed by atoms with Crippen LogP contribution in [0, 0.1) is 0 Å². The molecular weight excluding hydrogens is 346 g/mol. The van der Waals surface area contributed by atoms with Crippen LogP contribution in [0.25, 0.3) is 0 Å². The average Bonchev–Trinajstić information content (AvgIpc) is 3.05. The topological polar surface area (TPSA) is 95.7 Å². The first-order valence-corrected chi connectivity index (χ1v) is 7.99. The quantitative estimate of drug-likeness (QED) is 0.387. The number of cyclic esters (lactones) is 2. The van der Waals surface area contributed by atoms with E-state index in [0.717, 1.165) is 23.4 Å². The van der Waals surface area contributed by atoms with Crippen molar-refractivity contribution in [3.63, 3.8) is 0 Å². The Bertz CT molecular complexity index is 782. The molecule has 0 bridgehead atoms. The van der Waals surface area contributed by atoms with Gasteiger partial charge in [0.15, 0.2) is 0 Å². The molecule has 140 valence electrons. The average molecular weight is 367 g/mol. The molecule has 27 heavy (non-hydrogen) atoms. The normalized spacial score (nSPS) is 11.3. The lowest BCUT2D eigenvalue weighted by Crippen LogP contribution is -2.04. The summed E-state index contributed by atoms with van der Waals surface area (Å²) in [5.41, 5.74) is 7.59. The van der Waals surface area contributed by atoms with Crippen molar-refractivity contribution in [3.8, 4) is 0 Å². The third kappa shape index (κ3) is 10.0. The van der Waals surface area contributed by atoms with Crippen molar-refractivity contribution in [1.82, 2.24) is 0 Å². The van der Waals surface area contributed by atoms with Gasteiger partial charge in [0.2, 0.25) is 0 Å². The lowest BCUT2D eigenvalue weighted by Gasteiger charge is -2.03. The van der Waals surface area contributed by atoms with Gasteiger partial charge in [-0.15, -0.1) is 0 Å². The predicted molar refractivity (Wildman–Crippen MR) is 102 cm³/mol. The molecular formula is C21H21NO5. The Morgan fingerprint density at radius 1 is 0.963 bits per heavy atom. The standard InChI is InChI=1S/C11H12O2.C6H7N.C4H2O3/c1-9(2)11(12)13-8-10-6-4-3-5-7-10;7-6-4-2-1-3-5-6;5-3-1-2-4(6)7-3/h3-7H,1,8H2,2H3;1-5H,7H2;1-2H. The smallest absolute Gasteiger partial charge is 0.338 e. The first-order chi connectivity index (χ1) is 12.9. The molecule has 0 aliphatic carbocycles. The Morgan fingerprint density at radius 2 is 1.44 bits per heavy atom. The van der Waals surface area contributed by atoms with Gasteiger partial charge < -0.3 is 15.2 Å². The second kappa shape index (κ2) is 11.8. The van der Waals surface area contributed by atoms with Crippen LogP contribution in [-0.2, 0) is 30.5 Å². The van der Waals surface area contributed by atoms with Gasteiger partial charge in [-0.05, 0) is 24.6 Å². The van der Waals surface area contributed by atoms with E-state index in [4.69, 9.17) is 10.5 Å². The highest BCUT2D eigenvalue weighted by atomic mass is 16.6. The van der Waals surface area contributed by atoms with Gasteiger partial charge in [0.05, 0.1) is 0 Å². The van der Waals surface area contributed by atoms with Gasteiger partial charge in [-0.25, -0.2) is 14.4 Å². The summed E-state index contributed by atoms with van der Waals surface area (Å²) < 4.78 is 8.92. The SMILES string of the molecule is C=C(C)C(=O)OCc1ccccc1.Nc1ccccc1.O=C1C=CC(=O)O1. The molecule has 0 fully saturated rings. The molecule has 0 radical (unpaired) electrons. The van der Waals surface area contributed by atoms with Crippen molar-refractivity contribution in [2.75, 3.05) is 5.73 Å². The summed E-state index contributed by atoms with van der Waals surface area (Å²) >= 11 is 0. The van der Waals surface area contributed by atoms with Crippen LogP contribution in [0.2, 0.25) is 0 Å². The molecule has 1 aliphatic rings. The molecule has 0 amide bonds. The van der Waals surface area contributed by atoms with E-state index in [9.17, 15) is 14.4 Å². The van der Waals surface area contributed by atoms with E-state index in [1.807, 2.05) is 60.7 Å². The van der Waals surface area contributed by atoms with E-state index < -0.39 is 11.9 Å². The highest BCUT2D eigenvalue weighted by molar-refractivity contribution is 6.04. The van der Waals surface area contributed by atoms with E-state index in [2.05, 4.69) is 11.3 Å². The van der Waals surface area contributed by atoms with Crippen molar-refractivity contribution in [2.24, 2.45) is 0 Å². The highest BCUT2D eigenvalue weighted by Gasteiger charge is 2.10. The number of nitrogen functional groups attached to an aromatic ring is 1. The first kappa shape index (κ1) is 21.4. The van der Waals surface area contributed by atoms with Crippen LogP contribution < -0.4 is 5.73 Å². The summed E-state index contributed by atoms with van der Waals surface area (Å²) in [6, 6.07) is 19.0. The van der Waals surface area contributed by atoms with Crippen molar-refractivity contribution in [3.05, 3.63) is 90.5 Å². The van der Waals surface area contributed by atoms with Crippen LogP contribution in [0.5, 0.6) is 0 Å². The summed E-state index contributed by atoms with van der Waals surface area (Å²) in [5, 5.41) is 0. The second-order valence-corrected chi connectivity index (χ2v) is 5.33. The molecule has 0 unspecified atom stereocenters. The molecule has 1 heterocycles. The van der Waals surface area contributed by atoms with Crippen LogP contribution in [-0.4, -0.2) is 17.9 Å². The molecule has 0 spiro atoms. The second-order valence-electron chi connectivity index (χ2n) is 5.33. The molecule has 0 saturated heterocycles. The third-order valence-corrected chi connectivity index (χ3v) is 2.92. The number of benzene rings is 2. The van der Waals surface area contributed by atoms with Crippen molar-refractivity contribution < 1.29 is 23.9 Å². The molecule has 6 nitrogen and oxygen atoms in total. The zero-order valence-corrected chi connectivity index (χ0v) is 15.0. The van der Waals surface area contributed by atoms with Gasteiger partial charge in [-0.1, -0.05) is 55.1 Å². The summed E-state index contributed by atoms with van der Waals surface area (Å²) in [6.07, 6.45) is 2.17. The van der Waals surface area contributed by atoms with Gasteiger partial charge in [0, 0.05) is 23.4 Å². The van der Waals surface area contributed by atoms with Gasteiger partial charge in [0.1, 0.15) is 6.61 Å². The molecule has 1 aliphatic heterocycles. The number of carbonyl (C=O) groups is 3. The molecule has 2 N–H and O–H groups in total. The largest absolute Gasteiger partial charge is 0.457 e. The van der Waals surface area contributed by atoms with Gasteiger partial charge in [0.25, 0.3) is 0 Å². The minimum Gasteiger partial charge on any atom is -0.457 e.